The molecule has 2 N–H and O–H groups in total. The van der Waals surface area contributed by atoms with Crippen LogP contribution < -0.4 is 10.6 Å². The van der Waals surface area contributed by atoms with E-state index in [0.29, 0.717) is 17.1 Å². The molecule has 0 radical (unpaired) electrons. The summed E-state index contributed by atoms with van der Waals surface area (Å²) in [5, 5.41) is 9.94. The second kappa shape index (κ2) is 7.00. The molecule has 3 aromatic rings. The molecule has 0 unspecified atom stereocenters. The van der Waals surface area contributed by atoms with Crippen LogP contribution in [0.25, 0.3) is 5.69 Å². The fourth-order valence-corrected chi connectivity index (χ4v) is 2.50. The number of benzene rings is 2. The Balaban J connectivity index is 1.86. The maximum absolute atomic E-state index is 12.7. The quantitative estimate of drug-likeness (QED) is 0.768. The molecule has 0 saturated carbocycles. The summed E-state index contributed by atoms with van der Waals surface area (Å²) in [5.74, 6) is -0.439. The molecule has 3 rings (SSSR count). The zero-order valence-corrected chi connectivity index (χ0v) is 14.0. The van der Waals surface area contributed by atoms with Gasteiger partial charge in [0.05, 0.1) is 11.4 Å². The number of nitrogens with zero attached hydrogens (tertiary/aromatic N) is 2. The van der Waals surface area contributed by atoms with E-state index in [-0.39, 0.29) is 11.8 Å². The normalized spacial score (nSPS) is 10.3. The maximum atomic E-state index is 12.7. The van der Waals surface area contributed by atoms with Crippen LogP contribution in [0.15, 0.2) is 60.7 Å². The maximum Gasteiger partial charge on any atom is 0.274 e. The smallest absolute Gasteiger partial charge is 0.274 e. The van der Waals surface area contributed by atoms with Crippen LogP contribution in [0.4, 0.5) is 11.4 Å². The van der Waals surface area contributed by atoms with Gasteiger partial charge >= 0.3 is 0 Å². The number of para-hydroxylation sites is 1. The van der Waals surface area contributed by atoms with E-state index in [9.17, 15) is 9.59 Å². The number of nitrogens with one attached hydrogen (secondary N) is 2. The van der Waals surface area contributed by atoms with Crippen molar-refractivity contribution in [3.8, 4) is 5.69 Å². The molecule has 0 spiro atoms. The van der Waals surface area contributed by atoms with Gasteiger partial charge in [-0.1, -0.05) is 24.3 Å². The first-order valence-electron chi connectivity index (χ1n) is 7.84. The molecule has 0 atom stereocenters. The van der Waals surface area contributed by atoms with Gasteiger partial charge in [-0.15, -0.1) is 0 Å². The van der Waals surface area contributed by atoms with Crippen molar-refractivity contribution in [1.29, 1.82) is 0 Å². The van der Waals surface area contributed by atoms with E-state index in [1.807, 2.05) is 37.3 Å². The molecule has 2 amide bonds. The van der Waals surface area contributed by atoms with Gasteiger partial charge in [0.1, 0.15) is 5.69 Å². The van der Waals surface area contributed by atoms with E-state index in [0.717, 1.165) is 11.4 Å². The Bertz CT molecular complexity index is 916. The second-order valence-corrected chi connectivity index (χ2v) is 5.63. The summed E-state index contributed by atoms with van der Waals surface area (Å²) in [6.07, 6.45) is 0. The predicted octanol–water partition coefficient (Wildman–Crippen LogP) is 3.39. The van der Waals surface area contributed by atoms with Crippen molar-refractivity contribution >= 4 is 23.2 Å². The lowest BCUT2D eigenvalue weighted by atomic mass is 10.2. The fraction of sp³-hybridized carbons (Fsp3) is 0.105. The summed E-state index contributed by atoms with van der Waals surface area (Å²) in [4.78, 5) is 23.9. The highest BCUT2D eigenvalue weighted by Gasteiger charge is 2.15. The van der Waals surface area contributed by atoms with Crippen LogP contribution in [-0.4, -0.2) is 21.6 Å². The molecule has 6 nitrogen and oxygen atoms in total. The van der Waals surface area contributed by atoms with Gasteiger partial charge < -0.3 is 10.6 Å². The SMILES string of the molecule is CC(=O)Nc1cccc(NC(=O)c2cc(C)nn2-c2ccccc2)c1. The van der Waals surface area contributed by atoms with Crippen LogP contribution in [0.5, 0.6) is 0 Å². The highest BCUT2D eigenvalue weighted by atomic mass is 16.2. The van der Waals surface area contributed by atoms with E-state index in [2.05, 4.69) is 15.7 Å². The van der Waals surface area contributed by atoms with E-state index < -0.39 is 0 Å². The van der Waals surface area contributed by atoms with Crippen LogP contribution in [0.1, 0.15) is 23.1 Å². The van der Waals surface area contributed by atoms with Gasteiger partial charge in [-0.25, -0.2) is 4.68 Å². The number of aromatic nitrogens is 2. The van der Waals surface area contributed by atoms with Crippen molar-refractivity contribution in [3.63, 3.8) is 0 Å². The Morgan fingerprint density at radius 2 is 1.60 bits per heavy atom. The molecule has 126 valence electrons. The third kappa shape index (κ3) is 3.92. The Hall–Kier alpha value is -3.41. The largest absolute Gasteiger partial charge is 0.326 e. The molecular weight excluding hydrogens is 316 g/mol. The number of hydrogen-bond donors (Lipinski definition) is 2. The summed E-state index contributed by atoms with van der Waals surface area (Å²) in [5.41, 5.74) is 3.22. The van der Waals surface area contributed by atoms with E-state index >= 15 is 0 Å². The predicted molar refractivity (Wildman–Crippen MR) is 97.0 cm³/mol. The minimum atomic E-state index is -0.274. The Kier molecular flexibility index (Phi) is 4.61. The highest BCUT2D eigenvalue weighted by molar-refractivity contribution is 6.04. The minimum Gasteiger partial charge on any atom is -0.326 e. The lowest BCUT2D eigenvalue weighted by molar-refractivity contribution is -0.114. The average Bonchev–Trinajstić information content (AvgIpc) is 2.97. The van der Waals surface area contributed by atoms with Gasteiger partial charge in [0.25, 0.3) is 5.91 Å². The van der Waals surface area contributed by atoms with Gasteiger partial charge in [0.2, 0.25) is 5.91 Å². The van der Waals surface area contributed by atoms with Crippen molar-refractivity contribution in [2.45, 2.75) is 13.8 Å². The second-order valence-electron chi connectivity index (χ2n) is 5.63. The van der Waals surface area contributed by atoms with Crippen LogP contribution >= 0.6 is 0 Å². The van der Waals surface area contributed by atoms with Crippen LogP contribution in [-0.2, 0) is 4.79 Å². The molecule has 0 bridgehead atoms. The van der Waals surface area contributed by atoms with Crippen molar-refractivity contribution in [3.05, 3.63) is 72.1 Å². The molecule has 0 aliphatic heterocycles. The fourth-order valence-electron chi connectivity index (χ4n) is 2.50. The lowest BCUT2D eigenvalue weighted by Gasteiger charge is -2.09. The molecular formula is C19H18N4O2. The Morgan fingerprint density at radius 3 is 2.28 bits per heavy atom. The average molecular weight is 334 g/mol. The third-order valence-electron chi connectivity index (χ3n) is 3.51. The van der Waals surface area contributed by atoms with Crippen molar-refractivity contribution < 1.29 is 9.59 Å². The zero-order chi connectivity index (χ0) is 17.8. The molecule has 0 saturated heterocycles. The van der Waals surface area contributed by atoms with Gasteiger partial charge in [0.15, 0.2) is 0 Å². The number of aryl methyl sites for hydroxylation is 1. The lowest BCUT2D eigenvalue weighted by Crippen LogP contribution is -2.17. The minimum absolute atomic E-state index is 0.166. The third-order valence-corrected chi connectivity index (χ3v) is 3.51. The van der Waals surface area contributed by atoms with Gasteiger partial charge in [0, 0.05) is 18.3 Å². The number of anilines is 2. The van der Waals surface area contributed by atoms with E-state index in [1.54, 1.807) is 35.0 Å². The Morgan fingerprint density at radius 1 is 0.920 bits per heavy atom. The number of hydrogen-bond acceptors (Lipinski definition) is 3. The molecule has 6 heteroatoms. The topological polar surface area (TPSA) is 76.0 Å². The first kappa shape index (κ1) is 16.4. The highest BCUT2D eigenvalue weighted by Crippen LogP contribution is 2.18. The van der Waals surface area contributed by atoms with Gasteiger partial charge in [-0.05, 0) is 43.3 Å². The molecule has 0 aliphatic carbocycles. The first-order valence-corrected chi connectivity index (χ1v) is 7.84. The van der Waals surface area contributed by atoms with Gasteiger partial charge in [-0.3, -0.25) is 9.59 Å². The summed E-state index contributed by atoms with van der Waals surface area (Å²) < 4.78 is 1.61. The number of amides is 2. The number of carbonyl (C=O) groups is 2. The van der Waals surface area contributed by atoms with Crippen molar-refractivity contribution in [1.82, 2.24) is 9.78 Å². The molecule has 0 aliphatic rings. The molecule has 1 heterocycles. The Labute approximate surface area is 145 Å². The molecule has 2 aromatic carbocycles. The molecule has 1 aromatic heterocycles. The summed E-state index contributed by atoms with van der Waals surface area (Å²) in [6, 6.07) is 18.2. The van der Waals surface area contributed by atoms with Gasteiger partial charge in [-0.2, -0.15) is 5.10 Å². The first-order chi connectivity index (χ1) is 12.0. The van der Waals surface area contributed by atoms with E-state index in [4.69, 9.17) is 0 Å². The number of carbonyl (C=O) groups excluding carboxylic acids is 2. The summed E-state index contributed by atoms with van der Waals surface area (Å²) >= 11 is 0. The van der Waals surface area contributed by atoms with Crippen LogP contribution in [0, 0.1) is 6.92 Å². The molecule has 25 heavy (non-hydrogen) atoms. The summed E-state index contributed by atoms with van der Waals surface area (Å²) in [7, 11) is 0. The standard InChI is InChI=1S/C19H18N4O2/c1-13-11-18(23(22-13)17-9-4-3-5-10-17)19(25)21-16-8-6-7-15(12-16)20-14(2)24/h3-12H,1-2H3,(H,20,24)(H,21,25). The van der Waals surface area contributed by atoms with Crippen molar-refractivity contribution in [2.24, 2.45) is 0 Å². The van der Waals surface area contributed by atoms with Crippen LogP contribution in [0.2, 0.25) is 0 Å². The van der Waals surface area contributed by atoms with E-state index in [1.165, 1.54) is 6.92 Å². The molecule has 0 fully saturated rings. The number of rotatable bonds is 4. The van der Waals surface area contributed by atoms with Crippen molar-refractivity contribution in [2.75, 3.05) is 10.6 Å². The summed E-state index contributed by atoms with van der Waals surface area (Å²) in [6.45, 7) is 3.28. The zero-order valence-electron chi connectivity index (χ0n) is 14.0. The van der Waals surface area contributed by atoms with Crippen LogP contribution in [0.3, 0.4) is 0 Å². The monoisotopic (exact) mass is 334 g/mol.